The van der Waals surface area contributed by atoms with Crippen LogP contribution in [0, 0.1) is 0 Å². The number of likely N-dealkylation sites (tertiary alicyclic amines) is 1. The molecule has 3 aliphatic heterocycles. The smallest absolute Gasteiger partial charge is 0.163 e. The van der Waals surface area contributed by atoms with Crippen LogP contribution in [0.5, 0.6) is 0 Å². The van der Waals surface area contributed by atoms with Gasteiger partial charge in [0.25, 0.3) is 0 Å². The van der Waals surface area contributed by atoms with Gasteiger partial charge < -0.3 is 18.9 Å². The van der Waals surface area contributed by atoms with Crippen molar-refractivity contribution in [3.8, 4) is 0 Å². The Balaban J connectivity index is 1.51. The van der Waals surface area contributed by atoms with Crippen molar-refractivity contribution in [1.29, 1.82) is 0 Å². The predicted octanol–water partition coefficient (Wildman–Crippen LogP) is 3.32. The number of hydrogen-bond donors (Lipinski definition) is 0. The SMILES string of the molecule is CC1(C)O[C@@H]([C@@H]2CCCN2Cc2ccccc2)[C@@H]([C@H]2COC(C)(C)O2)O1. The molecule has 3 heterocycles. The molecule has 1 aromatic carbocycles. The maximum atomic E-state index is 6.39. The van der Waals surface area contributed by atoms with Gasteiger partial charge in [-0.2, -0.15) is 0 Å². The van der Waals surface area contributed by atoms with Crippen LogP contribution in [-0.2, 0) is 25.5 Å². The summed E-state index contributed by atoms with van der Waals surface area (Å²) >= 11 is 0. The first-order chi connectivity index (χ1) is 12.3. The summed E-state index contributed by atoms with van der Waals surface area (Å²) in [5.41, 5.74) is 1.34. The van der Waals surface area contributed by atoms with Crippen molar-refractivity contribution in [2.75, 3.05) is 13.2 Å². The van der Waals surface area contributed by atoms with Crippen molar-refractivity contribution in [1.82, 2.24) is 4.90 Å². The summed E-state index contributed by atoms with van der Waals surface area (Å²) in [6, 6.07) is 11.0. The summed E-state index contributed by atoms with van der Waals surface area (Å²) in [5.74, 6) is -1.14. The van der Waals surface area contributed by atoms with Crippen molar-refractivity contribution < 1.29 is 18.9 Å². The zero-order valence-corrected chi connectivity index (χ0v) is 16.3. The first-order valence-corrected chi connectivity index (χ1v) is 9.78. The topological polar surface area (TPSA) is 40.2 Å². The average molecular weight is 361 g/mol. The van der Waals surface area contributed by atoms with Gasteiger partial charge in [-0.3, -0.25) is 4.90 Å². The minimum absolute atomic E-state index is 0.00119. The fraction of sp³-hybridized carbons (Fsp3) is 0.714. The lowest BCUT2D eigenvalue weighted by atomic mass is 9.99. The van der Waals surface area contributed by atoms with Crippen LogP contribution in [0.15, 0.2) is 30.3 Å². The molecule has 0 amide bonds. The number of benzene rings is 1. The van der Waals surface area contributed by atoms with E-state index in [-0.39, 0.29) is 18.3 Å². The Kier molecular flexibility index (Phi) is 4.86. The molecule has 4 atom stereocenters. The second kappa shape index (κ2) is 6.88. The second-order valence-corrected chi connectivity index (χ2v) is 8.60. The molecular formula is C21H31NO4. The number of rotatable bonds is 4. The van der Waals surface area contributed by atoms with Crippen LogP contribution < -0.4 is 0 Å². The van der Waals surface area contributed by atoms with Crippen LogP contribution in [0.2, 0.25) is 0 Å². The zero-order chi connectivity index (χ0) is 18.4. The third-order valence-electron chi connectivity index (χ3n) is 5.58. The van der Waals surface area contributed by atoms with E-state index in [0.717, 1.165) is 19.5 Å². The molecule has 4 rings (SSSR count). The summed E-state index contributed by atoms with van der Waals surface area (Å²) in [5, 5.41) is 0. The van der Waals surface area contributed by atoms with Crippen LogP contribution in [0.3, 0.4) is 0 Å². The first-order valence-electron chi connectivity index (χ1n) is 9.78. The summed E-state index contributed by atoms with van der Waals surface area (Å²) in [6.45, 7) is 10.5. The molecule has 1 aromatic rings. The highest BCUT2D eigenvalue weighted by atomic mass is 16.8. The molecule has 26 heavy (non-hydrogen) atoms. The van der Waals surface area contributed by atoms with Gasteiger partial charge in [0.15, 0.2) is 11.6 Å². The Hall–Kier alpha value is -0.980. The fourth-order valence-electron chi connectivity index (χ4n) is 4.52. The average Bonchev–Trinajstić information content (AvgIpc) is 3.25. The number of ether oxygens (including phenoxy) is 4. The summed E-state index contributed by atoms with van der Waals surface area (Å²) < 4.78 is 24.6. The van der Waals surface area contributed by atoms with Gasteiger partial charge >= 0.3 is 0 Å². The molecule has 5 nitrogen and oxygen atoms in total. The Morgan fingerprint density at radius 1 is 0.962 bits per heavy atom. The minimum Gasteiger partial charge on any atom is -0.348 e. The van der Waals surface area contributed by atoms with Gasteiger partial charge in [0, 0.05) is 12.6 Å². The van der Waals surface area contributed by atoms with Gasteiger partial charge in [0.05, 0.1) is 6.61 Å². The highest BCUT2D eigenvalue weighted by molar-refractivity contribution is 5.15. The van der Waals surface area contributed by atoms with Crippen LogP contribution in [0.1, 0.15) is 46.1 Å². The zero-order valence-electron chi connectivity index (χ0n) is 16.3. The van der Waals surface area contributed by atoms with E-state index < -0.39 is 11.6 Å². The molecular weight excluding hydrogens is 330 g/mol. The molecule has 0 radical (unpaired) electrons. The van der Waals surface area contributed by atoms with Crippen LogP contribution in [0.4, 0.5) is 0 Å². The van der Waals surface area contributed by atoms with Gasteiger partial charge in [0.1, 0.15) is 18.3 Å². The summed E-state index contributed by atoms with van der Waals surface area (Å²) in [6.07, 6.45) is 2.13. The van der Waals surface area contributed by atoms with E-state index in [0.29, 0.717) is 12.6 Å². The Labute approximate surface area is 156 Å². The van der Waals surface area contributed by atoms with E-state index >= 15 is 0 Å². The molecule has 5 heteroatoms. The van der Waals surface area contributed by atoms with Crippen LogP contribution >= 0.6 is 0 Å². The molecule has 0 N–H and O–H groups in total. The monoisotopic (exact) mass is 361 g/mol. The molecule has 0 aliphatic carbocycles. The third kappa shape index (κ3) is 3.82. The van der Waals surface area contributed by atoms with Gasteiger partial charge in [-0.15, -0.1) is 0 Å². The molecule has 3 aliphatic rings. The molecule has 3 fully saturated rings. The molecule has 0 spiro atoms. The largest absolute Gasteiger partial charge is 0.348 e. The maximum absolute atomic E-state index is 6.39. The minimum atomic E-state index is -0.591. The Morgan fingerprint density at radius 2 is 1.69 bits per heavy atom. The quantitative estimate of drug-likeness (QED) is 0.823. The van der Waals surface area contributed by atoms with E-state index in [1.807, 2.05) is 27.7 Å². The number of nitrogens with zero attached hydrogens (tertiary/aromatic N) is 1. The lowest BCUT2D eigenvalue weighted by molar-refractivity contribution is -0.175. The van der Waals surface area contributed by atoms with Crippen molar-refractivity contribution in [2.45, 2.75) is 83.0 Å². The fourth-order valence-corrected chi connectivity index (χ4v) is 4.52. The van der Waals surface area contributed by atoms with Crippen molar-refractivity contribution in [2.24, 2.45) is 0 Å². The van der Waals surface area contributed by atoms with E-state index in [9.17, 15) is 0 Å². The highest BCUT2D eigenvalue weighted by Crippen LogP contribution is 2.40. The molecule has 0 bridgehead atoms. The predicted molar refractivity (Wildman–Crippen MR) is 98.6 cm³/mol. The first kappa shape index (κ1) is 18.4. The van der Waals surface area contributed by atoms with E-state index in [4.69, 9.17) is 18.9 Å². The van der Waals surface area contributed by atoms with E-state index in [2.05, 4.69) is 35.2 Å². The van der Waals surface area contributed by atoms with Gasteiger partial charge in [-0.1, -0.05) is 30.3 Å². The Bertz CT molecular complexity index is 618. The van der Waals surface area contributed by atoms with Gasteiger partial charge in [0.2, 0.25) is 0 Å². The molecule has 144 valence electrons. The van der Waals surface area contributed by atoms with Gasteiger partial charge in [-0.25, -0.2) is 0 Å². The van der Waals surface area contributed by atoms with Crippen molar-refractivity contribution in [3.63, 3.8) is 0 Å². The normalized spacial score (nSPS) is 36.6. The lowest BCUT2D eigenvalue weighted by Crippen LogP contribution is -2.48. The summed E-state index contributed by atoms with van der Waals surface area (Å²) in [4.78, 5) is 2.54. The molecule has 0 saturated carbocycles. The van der Waals surface area contributed by atoms with Crippen LogP contribution in [0.25, 0.3) is 0 Å². The molecule has 3 saturated heterocycles. The van der Waals surface area contributed by atoms with Crippen molar-refractivity contribution >= 4 is 0 Å². The lowest BCUT2D eigenvalue weighted by Gasteiger charge is -2.32. The Morgan fingerprint density at radius 3 is 2.38 bits per heavy atom. The van der Waals surface area contributed by atoms with E-state index in [1.54, 1.807) is 0 Å². The van der Waals surface area contributed by atoms with Crippen molar-refractivity contribution in [3.05, 3.63) is 35.9 Å². The maximum Gasteiger partial charge on any atom is 0.163 e. The number of hydrogen-bond acceptors (Lipinski definition) is 5. The standard InChI is InChI=1S/C21H31NO4/c1-20(2)23-14-17(24-20)19-18(25-21(3,4)26-19)16-11-8-12-22(16)13-15-9-6-5-7-10-15/h5-7,9-10,16-19H,8,11-14H2,1-4H3/t16-,17+,18-,19+/m0/s1. The van der Waals surface area contributed by atoms with E-state index in [1.165, 1.54) is 12.0 Å². The van der Waals surface area contributed by atoms with Gasteiger partial charge in [-0.05, 0) is 52.6 Å². The molecule has 0 unspecified atom stereocenters. The summed E-state index contributed by atoms with van der Waals surface area (Å²) in [7, 11) is 0. The second-order valence-electron chi connectivity index (χ2n) is 8.60. The third-order valence-corrected chi connectivity index (χ3v) is 5.58. The molecule has 0 aromatic heterocycles. The van der Waals surface area contributed by atoms with Crippen LogP contribution in [-0.4, -0.2) is 54.0 Å². The highest BCUT2D eigenvalue weighted by Gasteiger charge is 2.53.